The van der Waals surface area contributed by atoms with Crippen molar-refractivity contribution in [3.63, 3.8) is 0 Å². The highest BCUT2D eigenvalue weighted by Gasteiger charge is 2.12. The van der Waals surface area contributed by atoms with E-state index >= 15 is 0 Å². The number of likely N-dealkylation sites (N-methyl/N-ethyl adjacent to an activating group) is 2. The van der Waals surface area contributed by atoms with Gasteiger partial charge in [-0.15, -0.1) is 0 Å². The number of nitrogens with zero attached hydrogens (tertiary/aromatic N) is 2. The highest BCUT2D eigenvalue weighted by molar-refractivity contribution is 5.95. The van der Waals surface area contributed by atoms with E-state index in [1.807, 2.05) is 51.0 Å². The molecule has 2 amide bonds. The van der Waals surface area contributed by atoms with Gasteiger partial charge in [-0.1, -0.05) is 6.07 Å². The largest absolute Gasteiger partial charge is 0.448 e. The first-order chi connectivity index (χ1) is 11.8. The molecule has 0 unspecified atom stereocenters. The van der Waals surface area contributed by atoms with E-state index in [1.165, 1.54) is 0 Å². The van der Waals surface area contributed by atoms with Crippen LogP contribution in [0.4, 0.5) is 21.0 Å². The van der Waals surface area contributed by atoms with E-state index in [0.29, 0.717) is 24.5 Å². The van der Waals surface area contributed by atoms with Crippen LogP contribution in [0.2, 0.25) is 0 Å². The van der Waals surface area contributed by atoms with Crippen molar-refractivity contribution >= 4 is 23.6 Å². The van der Waals surface area contributed by atoms with Gasteiger partial charge in [0.1, 0.15) is 13.2 Å². The van der Waals surface area contributed by atoms with Crippen LogP contribution in [0.25, 0.3) is 0 Å². The molecule has 0 bridgehead atoms. The first-order valence-corrected chi connectivity index (χ1v) is 8.05. The molecule has 1 aromatic carbocycles. The Balaban J connectivity index is 2.62. The number of carbonyl (C=O) groups is 2. The molecule has 2 N–H and O–H groups in total. The maximum absolute atomic E-state index is 11.9. The Bertz CT molecular complexity index is 576. The zero-order valence-corrected chi connectivity index (χ0v) is 15.6. The smallest absolute Gasteiger partial charge is 0.411 e. The van der Waals surface area contributed by atoms with E-state index in [9.17, 15) is 9.59 Å². The van der Waals surface area contributed by atoms with Crippen LogP contribution in [0, 0.1) is 6.92 Å². The van der Waals surface area contributed by atoms with Crippen molar-refractivity contribution in [3.05, 3.63) is 23.8 Å². The molecule has 0 aromatic heterocycles. The Morgan fingerprint density at radius 2 is 1.36 bits per heavy atom. The summed E-state index contributed by atoms with van der Waals surface area (Å²) in [5, 5.41) is 5.28. The predicted octanol–water partition coefficient (Wildman–Crippen LogP) is 2.22. The first kappa shape index (κ1) is 20.7. The van der Waals surface area contributed by atoms with E-state index in [4.69, 9.17) is 9.47 Å². The molecule has 0 heterocycles. The summed E-state index contributed by atoms with van der Waals surface area (Å²) in [5.74, 6) is 0. The van der Waals surface area contributed by atoms with Crippen molar-refractivity contribution in [2.24, 2.45) is 0 Å². The summed E-state index contributed by atoms with van der Waals surface area (Å²) in [6.45, 7) is 3.71. The van der Waals surface area contributed by atoms with Gasteiger partial charge in [0.15, 0.2) is 0 Å². The number of nitrogens with one attached hydrogen (secondary N) is 2. The number of carbonyl (C=O) groups excluding carboxylic acids is 2. The fourth-order valence-electron chi connectivity index (χ4n) is 1.80. The Morgan fingerprint density at radius 3 is 1.84 bits per heavy atom. The lowest BCUT2D eigenvalue weighted by Crippen LogP contribution is -2.24. The molecular weight excluding hydrogens is 324 g/mol. The van der Waals surface area contributed by atoms with Crippen LogP contribution in [0.3, 0.4) is 0 Å². The average Bonchev–Trinajstić information content (AvgIpc) is 2.49. The molecule has 140 valence electrons. The summed E-state index contributed by atoms with van der Waals surface area (Å²) in [6, 6.07) is 5.29. The normalized spacial score (nSPS) is 10.7. The Hall–Kier alpha value is -2.32. The highest BCUT2D eigenvalue weighted by Crippen LogP contribution is 2.23. The number of hydrogen-bond donors (Lipinski definition) is 2. The highest BCUT2D eigenvalue weighted by atomic mass is 16.6. The van der Waals surface area contributed by atoms with E-state index < -0.39 is 12.2 Å². The van der Waals surface area contributed by atoms with Gasteiger partial charge < -0.3 is 19.3 Å². The SMILES string of the molecule is Cc1ccc(NC(=O)OCCN(C)C)c(NC(=O)OCCN(C)C)c1. The molecule has 0 aliphatic heterocycles. The quantitative estimate of drug-likeness (QED) is 0.746. The molecule has 0 fully saturated rings. The van der Waals surface area contributed by atoms with E-state index in [-0.39, 0.29) is 13.2 Å². The van der Waals surface area contributed by atoms with Gasteiger partial charge in [0.2, 0.25) is 0 Å². The molecule has 0 saturated carbocycles. The standard InChI is InChI=1S/C17H28N4O4/c1-13-6-7-14(18-16(22)24-10-8-20(2)3)15(12-13)19-17(23)25-11-9-21(4)5/h6-7,12H,8-11H2,1-5H3,(H,18,22)(H,19,23). The number of anilines is 2. The fraction of sp³-hybridized carbons (Fsp3) is 0.529. The van der Waals surface area contributed by atoms with Crippen molar-refractivity contribution in [1.82, 2.24) is 9.80 Å². The molecule has 1 aromatic rings. The lowest BCUT2D eigenvalue weighted by molar-refractivity contribution is 0.149. The molecule has 1 rings (SSSR count). The van der Waals surface area contributed by atoms with Crippen LogP contribution in [0.15, 0.2) is 18.2 Å². The van der Waals surface area contributed by atoms with Gasteiger partial charge in [0, 0.05) is 13.1 Å². The monoisotopic (exact) mass is 352 g/mol. The van der Waals surface area contributed by atoms with Gasteiger partial charge in [-0.05, 0) is 52.8 Å². The Labute approximate surface area is 149 Å². The molecule has 0 aliphatic carbocycles. The molecule has 0 atom stereocenters. The molecule has 0 spiro atoms. The lowest BCUT2D eigenvalue weighted by Gasteiger charge is -2.15. The second-order valence-electron chi connectivity index (χ2n) is 6.18. The Morgan fingerprint density at radius 1 is 0.880 bits per heavy atom. The Kier molecular flexibility index (Phi) is 8.73. The average molecular weight is 352 g/mol. The number of benzene rings is 1. The predicted molar refractivity (Wildman–Crippen MR) is 98.2 cm³/mol. The summed E-state index contributed by atoms with van der Waals surface area (Å²) in [4.78, 5) is 27.6. The van der Waals surface area contributed by atoms with Crippen LogP contribution in [0.5, 0.6) is 0 Å². The number of ether oxygens (including phenoxy) is 2. The lowest BCUT2D eigenvalue weighted by atomic mass is 10.2. The molecule has 0 aliphatic rings. The van der Waals surface area contributed by atoms with E-state index in [2.05, 4.69) is 10.6 Å². The van der Waals surface area contributed by atoms with E-state index in [1.54, 1.807) is 12.1 Å². The second kappa shape index (κ2) is 10.5. The molecule has 0 saturated heterocycles. The van der Waals surface area contributed by atoms with Crippen molar-refractivity contribution in [1.29, 1.82) is 0 Å². The van der Waals surface area contributed by atoms with Gasteiger partial charge in [-0.25, -0.2) is 9.59 Å². The second-order valence-corrected chi connectivity index (χ2v) is 6.18. The van der Waals surface area contributed by atoms with Crippen LogP contribution in [-0.4, -0.2) is 76.5 Å². The molecule has 25 heavy (non-hydrogen) atoms. The minimum Gasteiger partial charge on any atom is -0.448 e. The number of rotatable bonds is 8. The van der Waals surface area contributed by atoms with Gasteiger partial charge in [0.05, 0.1) is 11.4 Å². The van der Waals surface area contributed by atoms with Crippen molar-refractivity contribution < 1.29 is 19.1 Å². The van der Waals surface area contributed by atoms with Crippen molar-refractivity contribution in [2.45, 2.75) is 6.92 Å². The molecular formula is C17H28N4O4. The summed E-state index contributed by atoms with van der Waals surface area (Å²) in [6.07, 6.45) is -1.15. The molecule has 0 radical (unpaired) electrons. The number of aryl methyl sites for hydroxylation is 1. The third-order valence-electron chi connectivity index (χ3n) is 3.19. The summed E-state index contributed by atoms with van der Waals surface area (Å²) >= 11 is 0. The maximum Gasteiger partial charge on any atom is 0.411 e. The maximum atomic E-state index is 11.9. The van der Waals surface area contributed by atoms with Crippen molar-refractivity contribution in [2.75, 3.05) is 65.1 Å². The van der Waals surface area contributed by atoms with Crippen LogP contribution >= 0.6 is 0 Å². The number of hydrogen-bond acceptors (Lipinski definition) is 6. The van der Waals surface area contributed by atoms with Gasteiger partial charge >= 0.3 is 12.2 Å². The summed E-state index contributed by atoms with van der Waals surface area (Å²) in [5.41, 5.74) is 1.85. The third kappa shape index (κ3) is 8.92. The summed E-state index contributed by atoms with van der Waals surface area (Å²) in [7, 11) is 7.58. The zero-order valence-electron chi connectivity index (χ0n) is 15.6. The topological polar surface area (TPSA) is 83.1 Å². The first-order valence-electron chi connectivity index (χ1n) is 8.05. The van der Waals surface area contributed by atoms with Crippen molar-refractivity contribution in [3.8, 4) is 0 Å². The molecule has 8 heteroatoms. The van der Waals surface area contributed by atoms with Gasteiger partial charge in [0.25, 0.3) is 0 Å². The number of amides is 2. The minimum absolute atomic E-state index is 0.278. The van der Waals surface area contributed by atoms with Crippen LogP contribution < -0.4 is 10.6 Å². The third-order valence-corrected chi connectivity index (χ3v) is 3.19. The zero-order chi connectivity index (χ0) is 18.8. The van der Waals surface area contributed by atoms with Crippen LogP contribution in [-0.2, 0) is 9.47 Å². The summed E-state index contributed by atoms with van der Waals surface area (Å²) < 4.78 is 10.2. The van der Waals surface area contributed by atoms with Gasteiger partial charge in [-0.3, -0.25) is 10.6 Å². The minimum atomic E-state index is -0.574. The molecule has 8 nitrogen and oxygen atoms in total. The van der Waals surface area contributed by atoms with E-state index in [0.717, 1.165) is 5.56 Å². The van der Waals surface area contributed by atoms with Gasteiger partial charge in [-0.2, -0.15) is 0 Å². The van der Waals surface area contributed by atoms with Crippen LogP contribution in [0.1, 0.15) is 5.56 Å². The fourth-order valence-corrected chi connectivity index (χ4v) is 1.80.